The molecule has 2 aromatic carbocycles. The molecular weight excluding hydrogens is 559 g/mol. The summed E-state index contributed by atoms with van der Waals surface area (Å²) in [6, 6.07) is 21.7. The number of piperidine rings is 1. The number of aromatic amines is 1. The molecule has 5 aromatic rings. The van der Waals surface area contributed by atoms with Gasteiger partial charge in [0.15, 0.2) is 5.65 Å². The molecule has 0 bridgehead atoms. The number of likely N-dealkylation sites (tertiary alicyclic amines) is 1. The van der Waals surface area contributed by atoms with Gasteiger partial charge < -0.3 is 9.47 Å². The maximum absolute atomic E-state index is 13.5. The Morgan fingerprint density at radius 3 is 2.28 bits per heavy atom. The number of rotatable bonds is 6. The minimum Gasteiger partial charge on any atom is -0.342 e. The summed E-state index contributed by atoms with van der Waals surface area (Å²) in [6.07, 6.45) is -1.13. The maximum Gasteiger partial charge on any atom is 0.406 e. The zero-order chi connectivity index (χ0) is 30.1. The Balaban J connectivity index is 1.28. The Morgan fingerprint density at radius 1 is 0.907 bits per heavy atom. The quantitative estimate of drug-likeness (QED) is 0.296. The zero-order valence-corrected chi connectivity index (χ0v) is 23.1. The molecule has 3 aromatic heterocycles. The number of hydrogen-bond donors (Lipinski definition) is 1. The Labute approximate surface area is 244 Å². The third-order valence-electron chi connectivity index (χ3n) is 7.85. The molecule has 0 unspecified atom stereocenters. The first kappa shape index (κ1) is 28.2. The highest BCUT2D eigenvalue weighted by Gasteiger charge is 2.30. The number of H-pyrrole nitrogens is 1. The number of carbonyl (C=O) groups is 1. The molecule has 1 saturated heterocycles. The van der Waals surface area contributed by atoms with Gasteiger partial charge in [0.25, 0.3) is 5.56 Å². The third kappa shape index (κ3) is 5.88. The maximum atomic E-state index is 13.5. The van der Waals surface area contributed by atoms with Crippen molar-refractivity contribution < 1.29 is 18.0 Å². The molecule has 0 spiro atoms. The SMILES string of the molecule is O=C(Cc1cc(-c2ccccc2-c2ccccc2)cn(CC(F)(F)F)c1=O)N1CCC(n2c(=O)[nH]c3ncccc32)CC1. The molecule has 0 saturated carbocycles. The summed E-state index contributed by atoms with van der Waals surface area (Å²) in [5.41, 5.74) is 2.80. The number of hydrogen-bond acceptors (Lipinski definition) is 4. The lowest BCUT2D eigenvalue weighted by atomic mass is 9.94. The van der Waals surface area contributed by atoms with Gasteiger partial charge in [-0.3, -0.25) is 19.1 Å². The second-order valence-corrected chi connectivity index (χ2v) is 10.7. The van der Waals surface area contributed by atoms with Crippen LogP contribution < -0.4 is 11.2 Å². The van der Waals surface area contributed by atoms with Crippen LogP contribution in [0.3, 0.4) is 0 Å². The number of alkyl halides is 3. The van der Waals surface area contributed by atoms with E-state index in [0.29, 0.717) is 52.8 Å². The number of halogens is 3. The summed E-state index contributed by atoms with van der Waals surface area (Å²) in [6.45, 7) is -0.777. The standard InChI is InChI=1S/C32H28F3N5O3/c33-32(34,35)20-39-19-23(26-10-5-4-9-25(26)21-7-2-1-3-8-21)17-22(30(39)42)18-28(41)38-15-12-24(13-16-38)40-27-11-6-14-36-29(27)37-31(40)43/h1-11,14,17,19,24H,12-13,15-16,18,20H2,(H,36,37,43). The second kappa shape index (κ2) is 11.4. The van der Waals surface area contributed by atoms with Gasteiger partial charge in [0, 0.05) is 37.1 Å². The number of pyridine rings is 2. The van der Waals surface area contributed by atoms with Crippen LogP contribution in [-0.4, -0.2) is 49.2 Å². The molecule has 0 radical (unpaired) electrons. The van der Waals surface area contributed by atoms with E-state index in [4.69, 9.17) is 0 Å². The van der Waals surface area contributed by atoms with Gasteiger partial charge in [-0.1, -0.05) is 54.6 Å². The average Bonchev–Trinajstić information content (AvgIpc) is 3.34. The van der Waals surface area contributed by atoms with Crippen molar-refractivity contribution in [1.29, 1.82) is 0 Å². The van der Waals surface area contributed by atoms with Crippen LogP contribution in [-0.2, 0) is 17.8 Å². The summed E-state index contributed by atoms with van der Waals surface area (Å²) in [4.78, 5) is 47.8. The lowest BCUT2D eigenvalue weighted by Crippen LogP contribution is -2.42. The topological polar surface area (TPSA) is 93.0 Å². The van der Waals surface area contributed by atoms with Crippen LogP contribution >= 0.6 is 0 Å². The van der Waals surface area contributed by atoms with E-state index >= 15 is 0 Å². The molecule has 220 valence electrons. The summed E-state index contributed by atoms with van der Waals surface area (Å²) >= 11 is 0. The minimum absolute atomic E-state index is 0.00402. The Morgan fingerprint density at radius 2 is 1.58 bits per heavy atom. The number of aromatic nitrogens is 4. The molecular formula is C32H28F3N5O3. The van der Waals surface area contributed by atoms with Gasteiger partial charge in [-0.25, -0.2) is 9.78 Å². The smallest absolute Gasteiger partial charge is 0.342 e. The van der Waals surface area contributed by atoms with Crippen molar-refractivity contribution in [1.82, 2.24) is 24.0 Å². The monoisotopic (exact) mass is 587 g/mol. The normalized spacial score (nSPS) is 14.3. The first-order valence-corrected chi connectivity index (χ1v) is 14.0. The Kier molecular flexibility index (Phi) is 7.47. The number of nitrogens with zero attached hydrogens (tertiary/aromatic N) is 4. The van der Waals surface area contributed by atoms with Gasteiger partial charge in [-0.15, -0.1) is 0 Å². The lowest BCUT2D eigenvalue weighted by molar-refractivity contribution is -0.141. The molecule has 1 N–H and O–H groups in total. The van der Waals surface area contributed by atoms with Crippen LogP contribution in [0.15, 0.2) is 94.8 Å². The van der Waals surface area contributed by atoms with Crippen molar-refractivity contribution in [3.8, 4) is 22.3 Å². The predicted octanol–water partition coefficient (Wildman–Crippen LogP) is 5.19. The van der Waals surface area contributed by atoms with Gasteiger partial charge in [0.2, 0.25) is 5.91 Å². The Hall–Kier alpha value is -4.93. The first-order valence-electron chi connectivity index (χ1n) is 14.0. The summed E-state index contributed by atoms with van der Waals surface area (Å²) < 4.78 is 42.8. The molecule has 11 heteroatoms. The van der Waals surface area contributed by atoms with E-state index in [9.17, 15) is 27.6 Å². The van der Waals surface area contributed by atoms with Crippen LogP contribution in [0.1, 0.15) is 24.4 Å². The van der Waals surface area contributed by atoms with Crippen molar-refractivity contribution in [2.75, 3.05) is 13.1 Å². The van der Waals surface area contributed by atoms with E-state index in [1.807, 2.05) is 48.5 Å². The summed E-state index contributed by atoms with van der Waals surface area (Å²) in [5, 5.41) is 0. The lowest BCUT2D eigenvalue weighted by Gasteiger charge is -2.32. The number of fused-ring (bicyclic) bond motifs is 1. The van der Waals surface area contributed by atoms with E-state index in [1.54, 1.807) is 33.9 Å². The molecule has 43 heavy (non-hydrogen) atoms. The fourth-order valence-electron chi connectivity index (χ4n) is 5.86. The molecule has 0 aliphatic carbocycles. The highest BCUT2D eigenvalue weighted by Crippen LogP contribution is 2.32. The van der Waals surface area contributed by atoms with Crippen molar-refractivity contribution in [3.05, 3.63) is 112 Å². The summed E-state index contributed by atoms with van der Waals surface area (Å²) in [5.74, 6) is -0.351. The van der Waals surface area contributed by atoms with Crippen LogP contribution in [0.5, 0.6) is 0 Å². The number of nitrogens with one attached hydrogen (secondary N) is 1. The number of amides is 1. The van der Waals surface area contributed by atoms with Crippen LogP contribution in [0, 0.1) is 0 Å². The van der Waals surface area contributed by atoms with Crippen molar-refractivity contribution in [2.24, 2.45) is 0 Å². The summed E-state index contributed by atoms with van der Waals surface area (Å²) in [7, 11) is 0. The van der Waals surface area contributed by atoms with E-state index in [0.717, 1.165) is 11.1 Å². The zero-order valence-electron chi connectivity index (χ0n) is 23.1. The number of imidazole rings is 1. The second-order valence-electron chi connectivity index (χ2n) is 10.7. The van der Waals surface area contributed by atoms with Crippen LogP contribution in [0.4, 0.5) is 13.2 Å². The van der Waals surface area contributed by atoms with E-state index in [2.05, 4.69) is 9.97 Å². The van der Waals surface area contributed by atoms with E-state index in [1.165, 1.54) is 12.3 Å². The fraction of sp³-hybridized carbons (Fsp3) is 0.250. The highest BCUT2D eigenvalue weighted by atomic mass is 19.4. The van der Waals surface area contributed by atoms with E-state index < -0.39 is 18.3 Å². The molecule has 1 aliphatic heterocycles. The number of benzene rings is 2. The van der Waals surface area contributed by atoms with Crippen molar-refractivity contribution in [3.63, 3.8) is 0 Å². The van der Waals surface area contributed by atoms with E-state index in [-0.39, 0.29) is 29.6 Å². The van der Waals surface area contributed by atoms with Crippen LogP contribution in [0.25, 0.3) is 33.4 Å². The molecule has 8 nitrogen and oxygen atoms in total. The first-order chi connectivity index (χ1) is 20.7. The number of carbonyl (C=O) groups excluding carboxylic acids is 1. The van der Waals surface area contributed by atoms with Gasteiger partial charge in [0.1, 0.15) is 6.54 Å². The third-order valence-corrected chi connectivity index (χ3v) is 7.85. The molecule has 1 amide bonds. The Bertz CT molecular complexity index is 1900. The van der Waals surface area contributed by atoms with Gasteiger partial charge in [-0.05, 0) is 53.3 Å². The predicted molar refractivity (Wildman–Crippen MR) is 157 cm³/mol. The minimum atomic E-state index is -4.62. The average molecular weight is 588 g/mol. The van der Waals surface area contributed by atoms with Crippen LogP contribution in [0.2, 0.25) is 0 Å². The largest absolute Gasteiger partial charge is 0.406 e. The molecule has 6 rings (SSSR count). The molecule has 4 heterocycles. The van der Waals surface area contributed by atoms with Gasteiger partial charge in [0.05, 0.1) is 11.9 Å². The molecule has 1 aliphatic rings. The van der Waals surface area contributed by atoms with Gasteiger partial charge in [-0.2, -0.15) is 13.2 Å². The molecule has 1 fully saturated rings. The highest BCUT2D eigenvalue weighted by molar-refractivity contribution is 5.84. The fourth-order valence-corrected chi connectivity index (χ4v) is 5.86. The van der Waals surface area contributed by atoms with Crippen molar-refractivity contribution in [2.45, 2.75) is 38.0 Å². The molecule has 0 atom stereocenters. The van der Waals surface area contributed by atoms with Crippen molar-refractivity contribution >= 4 is 17.1 Å². The van der Waals surface area contributed by atoms with Gasteiger partial charge >= 0.3 is 11.9 Å².